The maximum absolute atomic E-state index is 12.7. The summed E-state index contributed by atoms with van der Waals surface area (Å²) in [5, 5.41) is 12.7. The Morgan fingerprint density at radius 1 is 1.35 bits per heavy atom. The van der Waals surface area contributed by atoms with E-state index in [4.69, 9.17) is 4.74 Å². The van der Waals surface area contributed by atoms with Crippen molar-refractivity contribution in [3.63, 3.8) is 0 Å². The Balaban J connectivity index is 1.56. The van der Waals surface area contributed by atoms with Crippen LogP contribution < -0.4 is 15.4 Å². The van der Waals surface area contributed by atoms with Gasteiger partial charge in [0.15, 0.2) is 0 Å². The van der Waals surface area contributed by atoms with Crippen LogP contribution in [-0.4, -0.2) is 35.2 Å². The number of carbonyl (C=O) groups excluding carboxylic acids is 1. The van der Waals surface area contributed by atoms with Gasteiger partial charge in [-0.15, -0.1) is 0 Å². The Labute approximate surface area is 148 Å². The topological polar surface area (TPSA) is 79.0 Å². The first-order valence-corrected chi connectivity index (χ1v) is 8.28. The van der Waals surface area contributed by atoms with Crippen molar-refractivity contribution >= 4 is 5.91 Å². The van der Waals surface area contributed by atoms with E-state index in [9.17, 15) is 18.0 Å². The van der Waals surface area contributed by atoms with Gasteiger partial charge in [0.1, 0.15) is 18.1 Å². The summed E-state index contributed by atoms with van der Waals surface area (Å²) in [6.45, 7) is 1.65. The first-order valence-electron chi connectivity index (χ1n) is 8.28. The van der Waals surface area contributed by atoms with E-state index in [1.54, 1.807) is 0 Å². The van der Waals surface area contributed by atoms with E-state index in [1.165, 1.54) is 18.2 Å². The summed E-state index contributed by atoms with van der Waals surface area (Å²) >= 11 is 0. The van der Waals surface area contributed by atoms with Crippen molar-refractivity contribution in [3.8, 4) is 5.75 Å². The third-order valence-electron chi connectivity index (χ3n) is 4.05. The number of piperidine rings is 1. The number of carbonyl (C=O) groups is 1. The van der Waals surface area contributed by atoms with Gasteiger partial charge in [0.25, 0.3) is 5.91 Å². The van der Waals surface area contributed by atoms with Crippen molar-refractivity contribution in [3.05, 3.63) is 47.3 Å². The molecule has 1 aliphatic heterocycles. The van der Waals surface area contributed by atoms with E-state index in [-0.39, 0.29) is 30.0 Å². The number of benzene rings is 1. The van der Waals surface area contributed by atoms with Crippen molar-refractivity contribution < 1.29 is 22.7 Å². The number of nitrogens with one attached hydrogen (secondary N) is 3. The molecule has 140 valence electrons. The third kappa shape index (κ3) is 4.75. The molecule has 1 aliphatic rings. The maximum atomic E-state index is 12.7. The molecule has 1 aromatic heterocycles. The molecule has 26 heavy (non-hydrogen) atoms. The molecule has 1 atom stereocenters. The molecule has 2 aromatic rings. The fourth-order valence-electron chi connectivity index (χ4n) is 2.71. The molecule has 3 N–H and O–H groups in total. The van der Waals surface area contributed by atoms with Gasteiger partial charge in [-0.3, -0.25) is 9.89 Å². The monoisotopic (exact) mass is 368 g/mol. The maximum Gasteiger partial charge on any atom is 0.416 e. The number of hydrogen-bond donors (Lipinski definition) is 3. The van der Waals surface area contributed by atoms with Gasteiger partial charge in [-0.1, -0.05) is 6.07 Å². The molecule has 1 saturated heterocycles. The number of nitrogens with zero attached hydrogens (tertiary/aromatic N) is 1. The van der Waals surface area contributed by atoms with Crippen LogP contribution in [0.3, 0.4) is 0 Å². The summed E-state index contributed by atoms with van der Waals surface area (Å²) in [4.78, 5) is 12.2. The van der Waals surface area contributed by atoms with Gasteiger partial charge < -0.3 is 15.4 Å². The predicted molar refractivity (Wildman–Crippen MR) is 87.7 cm³/mol. The number of H-pyrrole nitrogens is 1. The molecule has 1 fully saturated rings. The summed E-state index contributed by atoms with van der Waals surface area (Å²) < 4.78 is 43.4. The Bertz CT molecular complexity index is 754. The van der Waals surface area contributed by atoms with Gasteiger partial charge in [-0.05, 0) is 43.7 Å². The number of rotatable bonds is 5. The fraction of sp³-hybridized carbons (Fsp3) is 0.412. The largest absolute Gasteiger partial charge is 0.487 e. The Morgan fingerprint density at radius 3 is 2.92 bits per heavy atom. The number of aromatic amines is 1. The van der Waals surface area contributed by atoms with Crippen LogP contribution in [-0.2, 0) is 12.8 Å². The molecule has 1 aromatic carbocycles. The van der Waals surface area contributed by atoms with E-state index >= 15 is 0 Å². The van der Waals surface area contributed by atoms with Crippen LogP contribution in [0.5, 0.6) is 5.75 Å². The average molecular weight is 368 g/mol. The smallest absolute Gasteiger partial charge is 0.416 e. The minimum atomic E-state index is -4.42. The number of halogens is 3. The van der Waals surface area contributed by atoms with Crippen LogP contribution in [0, 0.1) is 0 Å². The van der Waals surface area contributed by atoms with Crippen LogP contribution in [0.25, 0.3) is 0 Å². The second kappa shape index (κ2) is 7.77. The molecule has 9 heteroatoms. The first-order chi connectivity index (χ1) is 12.4. The third-order valence-corrected chi connectivity index (χ3v) is 4.05. The van der Waals surface area contributed by atoms with Gasteiger partial charge in [-0.25, -0.2) is 0 Å². The van der Waals surface area contributed by atoms with Gasteiger partial charge in [0, 0.05) is 12.6 Å². The molecule has 0 unspecified atom stereocenters. The highest BCUT2D eigenvalue weighted by Crippen LogP contribution is 2.31. The molecule has 0 radical (unpaired) electrons. The first kappa shape index (κ1) is 18.2. The number of aromatic nitrogens is 2. The number of hydrogen-bond acceptors (Lipinski definition) is 4. The molecule has 0 spiro atoms. The second-order valence-corrected chi connectivity index (χ2v) is 6.11. The SMILES string of the molecule is O=C(N[C@H]1CCCNC1)c1cc(COc2cccc(C(F)(F)F)c2)[nH]n1. The van der Waals surface area contributed by atoms with Crippen molar-refractivity contribution in [1.29, 1.82) is 0 Å². The zero-order valence-electron chi connectivity index (χ0n) is 13.9. The quantitative estimate of drug-likeness (QED) is 0.758. The van der Waals surface area contributed by atoms with Gasteiger partial charge in [0.2, 0.25) is 0 Å². The summed E-state index contributed by atoms with van der Waals surface area (Å²) in [6.07, 6.45) is -2.51. The zero-order chi connectivity index (χ0) is 18.6. The summed E-state index contributed by atoms with van der Waals surface area (Å²) in [6, 6.07) is 6.22. The second-order valence-electron chi connectivity index (χ2n) is 6.11. The zero-order valence-corrected chi connectivity index (χ0v) is 13.9. The summed E-state index contributed by atoms with van der Waals surface area (Å²) in [7, 11) is 0. The molecule has 6 nitrogen and oxygen atoms in total. The van der Waals surface area contributed by atoms with E-state index in [1.807, 2.05) is 0 Å². The molecular weight excluding hydrogens is 349 g/mol. The highest BCUT2D eigenvalue weighted by molar-refractivity contribution is 5.92. The Kier molecular flexibility index (Phi) is 5.46. The van der Waals surface area contributed by atoms with Crippen LogP contribution in [0.2, 0.25) is 0 Å². The lowest BCUT2D eigenvalue weighted by atomic mass is 10.1. The van der Waals surface area contributed by atoms with Crippen molar-refractivity contribution in [1.82, 2.24) is 20.8 Å². The van der Waals surface area contributed by atoms with Gasteiger partial charge in [0.05, 0.1) is 11.3 Å². The van der Waals surface area contributed by atoms with Crippen LogP contribution in [0.15, 0.2) is 30.3 Å². The summed E-state index contributed by atoms with van der Waals surface area (Å²) in [5.41, 5.74) is -0.0617. The average Bonchev–Trinajstić information content (AvgIpc) is 3.10. The molecule has 0 bridgehead atoms. The molecular formula is C17H19F3N4O2. The molecule has 0 saturated carbocycles. The van der Waals surface area contributed by atoms with Crippen LogP contribution >= 0.6 is 0 Å². The van der Waals surface area contributed by atoms with Crippen molar-refractivity contribution in [2.75, 3.05) is 13.1 Å². The lowest BCUT2D eigenvalue weighted by Crippen LogP contribution is -2.45. The highest BCUT2D eigenvalue weighted by Gasteiger charge is 2.30. The minimum absolute atomic E-state index is 0.0213. The van der Waals surface area contributed by atoms with Crippen molar-refractivity contribution in [2.45, 2.75) is 31.7 Å². The lowest BCUT2D eigenvalue weighted by molar-refractivity contribution is -0.137. The number of ether oxygens (including phenoxy) is 1. The fourth-order valence-corrected chi connectivity index (χ4v) is 2.71. The summed E-state index contributed by atoms with van der Waals surface area (Å²) in [5.74, 6) is -0.200. The lowest BCUT2D eigenvalue weighted by Gasteiger charge is -2.23. The molecule has 0 aliphatic carbocycles. The highest BCUT2D eigenvalue weighted by atomic mass is 19.4. The van der Waals surface area contributed by atoms with Crippen LogP contribution in [0.4, 0.5) is 13.2 Å². The van der Waals surface area contributed by atoms with E-state index in [2.05, 4.69) is 20.8 Å². The molecule has 2 heterocycles. The number of amides is 1. The molecule has 3 rings (SSSR count). The Morgan fingerprint density at radius 2 is 2.19 bits per heavy atom. The minimum Gasteiger partial charge on any atom is -0.487 e. The van der Waals surface area contributed by atoms with Crippen LogP contribution in [0.1, 0.15) is 34.6 Å². The van der Waals surface area contributed by atoms with E-state index < -0.39 is 11.7 Å². The molecule has 1 amide bonds. The van der Waals surface area contributed by atoms with Gasteiger partial charge in [-0.2, -0.15) is 18.3 Å². The number of alkyl halides is 3. The standard InChI is InChI=1S/C17H19F3N4O2/c18-17(19,20)11-3-1-5-14(7-11)26-10-13-8-15(24-23-13)16(25)22-12-4-2-6-21-9-12/h1,3,5,7-8,12,21H,2,4,6,9-10H2,(H,22,25)(H,23,24)/t12-/m0/s1. The van der Waals surface area contributed by atoms with Gasteiger partial charge >= 0.3 is 6.18 Å². The van der Waals surface area contributed by atoms with E-state index in [0.29, 0.717) is 5.69 Å². The normalized spacial score (nSPS) is 17.7. The Hall–Kier alpha value is -2.55. The van der Waals surface area contributed by atoms with Crippen molar-refractivity contribution in [2.24, 2.45) is 0 Å². The van der Waals surface area contributed by atoms with E-state index in [0.717, 1.165) is 38.1 Å². The predicted octanol–water partition coefficient (Wildman–Crippen LogP) is 2.49.